The van der Waals surface area contributed by atoms with E-state index in [1.54, 1.807) is 24.3 Å². The van der Waals surface area contributed by atoms with Crippen molar-refractivity contribution in [3.8, 4) is 11.1 Å². The second kappa shape index (κ2) is 9.65. The summed E-state index contributed by atoms with van der Waals surface area (Å²) in [6, 6.07) is 27.8. The van der Waals surface area contributed by atoms with Crippen molar-refractivity contribution in [1.29, 1.82) is 0 Å². The van der Waals surface area contributed by atoms with E-state index in [0.717, 1.165) is 17.5 Å². The first-order valence-corrected chi connectivity index (χ1v) is 14.6. The summed E-state index contributed by atoms with van der Waals surface area (Å²) in [5, 5.41) is 0. The van der Waals surface area contributed by atoms with Crippen molar-refractivity contribution in [3.63, 3.8) is 0 Å². The third kappa shape index (κ3) is 4.49. The minimum atomic E-state index is -0.683. The molecule has 2 aliphatic rings. The molecule has 0 N–H and O–H groups in total. The number of rotatable bonds is 4. The van der Waals surface area contributed by atoms with Crippen LogP contribution in [0.3, 0.4) is 0 Å². The van der Waals surface area contributed by atoms with Gasteiger partial charge in [0.15, 0.2) is 0 Å². The van der Waals surface area contributed by atoms with E-state index < -0.39 is 5.41 Å². The lowest BCUT2D eigenvalue weighted by atomic mass is 9.58. The van der Waals surface area contributed by atoms with Gasteiger partial charge in [-0.3, -0.25) is 0 Å². The Labute approximate surface area is 243 Å². The Bertz CT molecular complexity index is 1560. The SMILES string of the molecule is CC(C)(C)c1ccc2c(c1)C(C(C1=CC=CC1)(c1ccc(F)cc1)c1ccc(F)cc1)c1cc(C(C)(C)C)ccc1-2. The molecule has 0 spiro atoms. The van der Waals surface area contributed by atoms with Crippen LogP contribution in [0.4, 0.5) is 8.78 Å². The zero-order valence-electron chi connectivity index (χ0n) is 24.9. The van der Waals surface area contributed by atoms with Crippen LogP contribution in [-0.4, -0.2) is 0 Å². The highest BCUT2D eigenvalue weighted by Gasteiger charge is 2.50. The molecule has 0 saturated carbocycles. The van der Waals surface area contributed by atoms with E-state index in [9.17, 15) is 8.78 Å². The van der Waals surface area contributed by atoms with Crippen LogP contribution in [-0.2, 0) is 16.2 Å². The standard InChI is InChI=1S/C39H38F2/c1-37(2,3)28-15-21-32-33-22-16-29(38(4,5)6)24-35(33)36(34(32)23-28)39(25-9-7-8-10-25,26-11-17-30(40)18-12-26)27-13-19-31(41)20-14-27/h7-9,11-24,36H,10H2,1-6H3. The van der Waals surface area contributed by atoms with Crippen molar-refractivity contribution in [1.82, 2.24) is 0 Å². The summed E-state index contributed by atoms with van der Waals surface area (Å²) in [7, 11) is 0. The number of fused-ring (bicyclic) bond motifs is 3. The molecule has 4 aromatic carbocycles. The van der Waals surface area contributed by atoms with Gasteiger partial charge in [0.1, 0.15) is 11.6 Å². The molecular formula is C39H38F2. The minimum absolute atomic E-state index is 0.0342. The van der Waals surface area contributed by atoms with E-state index in [2.05, 4.69) is 96.2 Å². The molecule has 0 aliphatic heterocycles. The Morgan fingerprint density at radius 2 is 0.976 bits per heavy atom. The third-order valence-electron chi connectivity index (χ3n) is 9.06. The zero-order chi connectivity index (χ0) is 29.2. The average Bonchev–Trinajstić information content (AvgIpc) is 3.57. The maximum Gasteiger partial charge on any atom is 0.123 e. The first-order chi connectivity index (χ1) is 19.4. The topological polar surface area (TPSA) is 0 Å². The first-order valence-electron chi connectivity index (χ1n) is 14.6. The van der Waals surface area contributed by atoms with E-state index in [0.29, 0.717) is 0 Å². The van der Waals surface area contributed by atoms with Crippen molar-refractivity contribution in [2.45, 2.75) is 70.1 Å². The van der Waals surface area contributed by atoms with E-state index >= 15 is 0 Å². The van der Waals surface area contributed by atoms with E-state index in [4.69, 9.17) is 0 Å². The summed E-state index contributed by atoms with van der Waals surface area (Å²) in [6.45, 7) is 13.5. The van der Waals surface area contributed by atoms with Crippen LogP contribution in [0.15, 0.2) is 109 Å². The summed E-state index contributed by atoms with van der Waals surface area (Å²) < 4.78 is 28.9. The summed E-state index contributed by atoms with van der Waals surface area (Å²) in [5.41, 5.74) is 10.0. The molecule has 0 radical (unpaired) electrons. The molecule has 0 unspecified atom stereocenters. The summed E-state index contributed by atoms with van der Waals surface area (Å²) in [6.07, 6.45) is 7.29. The first kappa shape index (κ1) is 27.4. The van der Waals surface area contributed by atoms with Gasteiger partial charge in [0.25, 0.3) is 0 Å². The van der Waals surface area contributed by atoms with Crippen molar-refractivity contribution in [2.75, 3.05) is 0 Å². The molecule has 41 heavy (non-hydrogen) atoms. The molecule has 0 heterocycles. The Balaban J connectivity index is 1.77. The Hall–Kier alpha value is -3.78. The van der Waals surface area contributed by atoms with Crippen LogP contribution < -0.4 is 0 Å². The lowest BCUT2D eigenvalue weighted by molar-refractivity contribution is 0.518. The molecule has 0 aromatic heterocycles. The number of allylic oxidation sites excluding steroid dienone is 4. The van der Waals surface area contributed by atoms with Crippen molar-refractivity contribution in [2.24, 2.45) is 0 Å². The number of hydrogen-bond donors (Lipinski definition) is 0. The molecule has 0 bridgehead atoms. The quantitative estimate of drug-likeness (QED) is 0.240. The van der Waals surface area contributed by atoms with Crippen LogP contribution in [0.5, 0.6) is 0 Å². The monoisotopic (exact) mass is 544 g/mol. The molecule has 0 nitrogen and oxygen atoms in total. The van der Waals surface area contributed by atoms with Gasteiger partial charge >= 0.3 is 0 Å². The van der Waals surface area contributed by atoms with Gasteiger partial charge in [-0.2, -0.15) is 0 Å². The number of benzene rings is 4. The van der Waals surface area contributed by atoms with Gasteiger partial charge in [0.2, 0.25) is 0 Å². The fraction of sp³-hybridized carbons (Fsp3) is 0.282. The van der Waals surface area contributed by atoms with E-state index in [-0.39, 0.29) is 28.4 Å². The smallest absolute Gasteiger partial charge is 0.123 e. The molecule has 208 valence electrons. The molecule has 0 fully saturated rings. The van der Waals surface area contributed by atoms with Gasteiger partial charge in [-0.25, -0.2) is 8.78 Å². The third-order valence-corrected chi connectivity index (χ3v) is 9.06. The highest BCUT2D eigenvalue weighted by atomic mass is 19.1. The van der Waals surface area contributed by atoms with Gasteiger partial charge in [-0.05, 0) is 86.0 Å². The van der Waals surface area contributed by atoms with Gasteiger partial charge < -0.3 is 0 Å². The van der Waals surface area contributed by atoms with E-state index in [1.807, 2.05) is 24.3 Å². The largest absolute Gasteiger partial charge is 0.207 e. The minimum Gasteiger partial charge on any atom is -0.207 e. The zero-order valence-corrected chi connectivity index (χ0v) is 24.9. The fourth-order valence-corrected chi connectivity index (χ4v) is 6.88. The normalized spacial score (nSPS) is 15.2. The molecule has 0 amide bonds. The maximum absolute atomic E-state index is 14.5. The second-order valence-electron chi connectivity index (χ2n) is 13.7. The highest BCUT2D eigenvalue weighted by molar-refractivity contribution is 5.82. The van der Waals surface area contributed by atoms with Gasteiger partial charge in [-0.1, -0.05) is 126 Å². The predicted octanol–water partition coefficient (Wildman–Crippen LogP) is 10.5. The maximum atomic E-state index is 14.5. The van der Waals surface area contributed by atoms with E-state index in [1.165, 1.54) is 39.0 Å². The second-order valence-corrected chi connectivity index (χ2v) is 13.7. The van der Waals surface area contributed by atoms with Crippen molar-refractivity contribution in [3.05, 3.63) is 154 Å². The van der Waals surface area contributed by atoms with Crippen molar-refractivity contribution >= 4 is 0 Å². The molecule has 4 aromatic rings. The van der Waals surface area contributed by atoms with Crippen LogP contribution >= 0.6 is 0 Å². The summed E-state index contributed by atoms with van der Waals surface area (Å²) in [4.78, 5) is 0. The Kier molecular flexibility index (Phi) is 6.45. The molecule has 6 rings (SSSR count). The molecule has 0 atom stereocenters. The van der Waals surface area contributed by atoms with Gasteiger partial charge in [-0.15, -0.1) is 0 Å². The van der Waals surface area contributed by atoms with Gasteiger partial charge in [0.05, 0.1) is 5.41 Å². The molecule has 0 saturated heterocycles. The molecule has 2 heteroatoms. The fourth-order valence-electron chi connectivity index (χ4n) is 6.88. The molecule has 2 aliphatic carbocycles. The van der Waals surface area contributed by atoms with Crippen molar-refractivity contribution < 1.29 is 8.78 Å². The van der Waals surface area contributed by atoms with Gasteiger partial charge in [0, 0.05) is 5.92 Å². The van der Waals surface area contributed by atoms with Crippen LogP contribution in [0.2, 0.25) is 0 Å². The Morgan fingerprint density at radius 1 is 0.561 bits per heavy atom. The summed E-state index contributed by atoms with van der Waals surface area (Å²) >= 11 is 0. The molecular weight excluding hydrogens is 506 g/mol. The van der Waals surface area contributed by atoms with Crippen LogP contribution in [0, 0.1) is 11.6 Å². The Morgan fingerprint density at radius 3 is 1.34 bits per heavy atom. The van der Waals surface area contributed by atoms with Crippen LogP contribution in [0.1, 0.15) is 87.3 Å². The number of halogens is 2. The predicted molar refractivity (Wildman–Crippen MR) is 167 cm³/mol. The summed E-state index contributed by atoms with van der Waals surface area (Å²) in [5.74, 6) is -0.630. The average molecular weight is 545 g/mol. The lowest BCUT2D eigenvalue weighted by Gasteiger charge is -2.43. The number of hydrogen-bond acceptors (Lipinski definition) is 0. The van der Waals surface area contributed by atoms with Crippen LogP contribution in [0.25, 0.3) is 11.1 Å². The lowest BCUT2D eigenvalue weighted by Crippen LogP contribution is -2.37. The highest BCUT2D eigenvalue weighted by Crippen LogP contribution is 2.61.